The molecule has 31 heavy (non-hydrogen) atoms. The molecule has 0 amide bonds. The lowest BCUT2D eigenvalue weighted by Gasteiger charge is -2.65. The smallest absolute Gasteiger partial charge is 0.0985 e. The Bertz CT molecular complexity index is 636. The maximum Gasteiger partial charge on any atom is 0.0985 e. The summed E-state index contributed by atoms with van der Waals surface area (Å²) in [5.41, 5.74) is -0.965. The van der Waals surface area contributed by atoms with Gasteiger partial charge in [-0.3, -0.25) is 0 Å². The zero-order chi connectivity index (χ0) is 22.6. The van der Waals surface area contributed by atoms with Crippen LogP contribution in [0.25, 0.3) is 0 Å². The second-order valence-electron chi connectivity index (χ2n) is 13.0. The van der Waals surface area contributed by atoms with E-state index >= 15 is 0 Å². The fourth-order valence-electron chi connectivity index (χ4n) is 9.43. The first-order chi connectivity index (χ1) is 14.6. The molecule has 0 radical (unpaired) electrons. The fraction of sp³-hybridized carbons (Fsp3) is 1.00. The Labute approximate surface area is 191 Å². The second kappa shape index (κ2) is 8.58. The zero-order valence-electron chi connectivity index (χ0n) is 20.9. The number of hydrogen-bond acceptors (Lipinski definition) is 3. The van der Waals surface area contributed by atoms with Gasteiger partial charge in [0.25, 0.3) is 0 Å². The number of rotatable bonds is 6. The first-order valence-electron chi connectivity index (χ1n) is 13.6. The van der Waals surface area contributed by atoms with Gasteiger partial charge >= 0.3 is 0 Å². The second-order valence-corrected chi connectivity index (χ2v) is 13.0. The lowest BCUT2D eigenvalue weighted by Crippen LogP contribution is -2.68. The molecule has 4 saturated carbocycles. The third kappa shape index (κ3) is 3.73. The minimum atomic E-state index is -1.11. The van der Waals surface area contributed by atoms with Gasteiger partial charge in [-0.1, -0.05) is 60.3 Å². The van der Waals surface area contributed by atoms with E-state index in [1.54, 1.807) is 0 Å². The summed E-state index contributed by atoms with van der Waals surface area (Å²) in [5, 5.41) is 33.1. The monoisotopic (exact) mass is 434 g/mol. The van der Waals surface area contributed by atoms with Crippen molar-refractivity contribution in [2.75, 3.05) is 0 Å². The van der Waals surface area contributed by atoms with E-state index in [2.05, 4.69) is 34.6 Å². The van der Waals surface area contributed by atoms with Crippen molar-refractivity contribution in [3.63, 3.8) is 0 Å². The summed E-state index contributed by atoms with van der Waals surface area (Å²) in [6.45, 7) is 12.0. The summed E-state index contributed by atoms with van der Waals surface area (Å²) < 4.78 is 0. The van der Waals surface area contributed by atoms with E-state index in [0.717, 1.165) is 37.0 Å². The Morgan fingerprint density at radius 3 is 2.39 bits per heavy atom. The van der Waals surface area contributed by atoms with Gasteiger partial charge in [0.05, 0.1) is 17.8 Å². The highest BCUT2D eigenvalue weighted by atomic mass is 16.3. The van der Waals surface area contributed by atoms with E-state index in [4.69, 9.17) is 0 Å². The Morgan fingerprint density at radius 2 is 1.68 bits per heavy atom. The van der Waals surface area contributed by atoms with Crippen LogP contribution < -0.4 is 0 Å². The molecule has 0 bridgehead atoms. The number of aliphatic hydroxyl groups excluding tert-OH is 2. The maximum absolute atomic E-state index is 11.6. The molecular formula is C28H50O3. The molecule has 0 aromatic rings. The number of hydrogen-bond donors (Lipinski definition) is 3. The summed E-state index contributed by atoms with van der Waals surface area (Å²) in [7, 11) is 0. The van der Waals surface area contributed by atoms with Gasteiger partial charge in [0.2, 0.25) is 0 Å². The summed E-state index contributed by atoms with van der Waals surface area (Å²) in [6.07, 6.45) is 12.1. The molecule has 3 heteroatoms. The molecule has 4 aliphatic rings. The standard InChI is InChI=1S/C28H50O3/c1-6-18(2)8-7-9-19(3)22-10-11-23-21-16-25(30)28(31)17-20(29)12-15-27(28,5)24(21)13-14-26(22,23)4/h18-25,29-31H,6-17H2,1-5H3/t18?,19-,20+,21+,22-,23+,24+,25-,26-,27-,28+/m1/s1. The third-order valence-corrected chi connectivity index (χ3v) is 11.6. The quantitative estimate of drug-likeness (QED) is 0.484. The van der Waals surface area contributed by atoms with Crippen molar-refractivity contribution in [2.24, 2.45) is 46.3 Å². The van der Waals surface area contributed by atoms with E-state index in [9.17, 15) is 15.3 Å². The summed E-state index contributed by atoms with van der Waals surface area (Å²) in [5.74, 6) is 4.18. The molecule has 11 atom stereocenters. The Hall–Kier alpha value is -0.120. The molecule has 3 nitrogen and oxygen atoms in total. The molecule has 4 rings (SSSR count). The maximum atomic E-state index is 11.6. The molecule has 0 aromatic heterocycles. The summed E-state index contributed by atoms with van der Waals surface area (Å²) in [4.78, 5) is 0. The Kier molecular flexibility index (Phi) is 6.65. The highest BCUT2D eigenvalue weighted by molar-refractivity contribution is 5.17. The average molecular weight is 435 g/mol. The van der Waals surface area contributed by atoms with Crippen LogP contribution in [0.15, 0.2) is 0 Å². The van der Waals surface area contributed by atoms with Crippen molar-refractivity contribution in [1.82, 2.24) is 0 Å². The van der Waals surface area contributed by atoms with E-state index in [-0.39, 0.29) is 5.41 Å². The van der Waals surface area contributed by atoms with Crippen LogP contribution in [0.2, 0.25) is 0 Å². The minimum absolute atomic E-state index is 0.254. The highest BCUT2D eigenvalue weighted by Crippen LogP contribution is 2.69. The first-order valence-corrected chi connectivity index (χ1v) is 13.6. The van der Waals surface area contributed by atoms with E-state index in [1.807, 2.05) is 0 Å². The molecule has 1 unspecified atom stereocenters. The predicted molar refractivity (Wildman–Crippen MR) is 127 cm³/mol. The number of aliphatic hydroxyl groups is 3. The number of fused-ring (bicyclic) bond motifs is 5. The normalized spacial score (nSPS) is 51.5. The van der Waals surface area contributed by atoms with Crippen LogP contribution in [0.3, 0.4) is 0 Å². The van der Waals surface area contributed by atoms with Gasteiger partial charge in [-0.05, 0) is 85.9 Å². The van der Waals surface area contributed by atoms with Crippen molar-refractivity contribution >= 4 is 0 Å². The molecule has 0 saturated heterocycles. The highest BCUT2D eigenvalue weighted by Gasteiger charge is 2.67. The fourth-order valence-corrected chi connectivity index (χ4v) is 9.43. The van der Waals surface area contributed by atoms with Gasteiger partial charge in [-0.15, -0.1) is 0 Å². The van der Waals surface area contributed by atoms with Crippen LogP contribution in [-0.2, 0) is 0 Å². The lowest BCUT2D eigenvalue weighted by molar-refractivity contribution is -0.264. The van der Waals surface area contributed by atoms with Crippen molar-refractivity contribution in [1.29, 1.82) is 0 Å². The lowest BCUT2D eigenvalue weighted by atomic mass is 9.42. The minimum Gasteiger partial charge on any atom is -0.393 e. The molecule has 0 aliphatic heterocycles. The van der Waals surface area contributed by atoms with E-state index in [0.29, 0.717) is 29.6 Å². The molecule has 0 spiro atoms. The van der Waals surface area contributed by atoms with E-state index < -0.39 is 17.8 Å². The van der Waals surface area contributed by atoms with Gasteiger partial charge in [-0.2, -0.15) is 0 Å². The van der Waals surface area contributed by atoms with Crippen molar-refractivity contribution < 1.29 is 15.3 Å². The third-order valence-electron chi connectivity index (χ3n) is 11.6. The average Bonchev–Trinajstić information content (AvgIpc) is 3.07. The van der Waals surface area contributed by atoms with Crippen molar-refractivity contribution in [3.05, 3.63) is 0 Å². The van der Waals surface area contributed by atoms with Gasteiger partial charge in [0.15, 0.2) is 0 Å². The molecule has 0 heterocycles. The molecule has 3 N–H and O–H groups in total. The zero-order valence-corrected chi connectivity index (χ0v) is 20.9. The van der Waals surface area contributed by atoms with Gasteiger partial charge in [0, 0.05) is 11.8 Å². The van der Waals surface area contributed by atoms with Crippen LogP contribution in [0.1, 0.15) is 112 Å². The van der Waals surface area contributed by atoms with Crippen molar-refractivity contribution in [2.45, 2.75) is 129 Å². The van der Waals surface area contributed by atoms with Crippen molar-refractivity contribution in [3.8, 4) is 0 Å². The van der Waals surface area contributed by atoms with Gasteiger partial charge in [0.1, 0.15) is 0 Å². The van der Waals surface area contributed by atoms with E-state index in [1.165, 1.54) is 51.4 Å². The first kappa shape index (κ1) is 24.0. The Morgan fingerprint density at radius 1 is 0.935 bits per heavy atom. The molecular weight excluding hydrogens is 384 g/mol. The van der Waals surface area contributed by atoms with Gasteiger partial charge < -0.3 is 15.3 Å². The largest absolute Gasteiger partial charge is 0.393 e. The summed E-state index contributed by atoms with van der Waals surface area (Å²) in [6, 6.07) is 0. The molecule has 180 valence electrons. The molecule has 4 aliphatic carbocycles. The topological polar surface area (TPSA) is 60.7 Å². The van der Waals surface area contributed by atoms with Crippen LogP contribution in [-0.4, -0.2) is 33.1 Å². The van der Waals surface area contributed by atoms with Crippen LogP contribution >= 0.6 is 0 Å². The van der Waals surface area contributed by atoms with Crippen LogP contribution in [0, 0.1) is 46.3 Å². The summed E-state index contributed by atoms with van der Waals surface area (Å²) >= 11 is 0. The molecule has 0 aromatic carbocycles. The Balaban J connectivity index is 1.50. The van der Waals surface area contributed by atoms with Gasteiger partial charge in [-0.25, -0.2) is 0 Å². The van der Waals surface area contributed by atoms with Crippen LogP contribution in [0.5, 0.6) is 0 Å². The SMILES string of the molecule is CCC(C)CCC[C@@H](C)[C@H]1CC[C@H]2[C@@H]3C[C@@H](O)[C@@]4(O)C[C@@H](O)CC[C@]4(C)[C@H]3CC[C@]12C. The predicted octanol–water partition coefficient (Wildman–Crippen LogP) is 5.94. The van der Waals surface area contributed by atoms with Crippen LogP contribution in [0.4, 0.5) is 0 Å². The molecule has 4 fully saturated rings.